The molecule has 0 aliphatic carbocycles. The number of fused-ring (bicyclic) bond motifs is 1. The quantitative estimate of drug-likeness (QED) is 0.797. The fraction of sp³-hybridized carbons (Fsp3) is 0.667. The Hall–Kier alpha value is -1.32. The number of nitrogens with one attached hydrogen (secondary N) is 1. The van der Waals surface area contributed by atoms with Crippen LogP contribution in [0, 0.1) is 6.92 Å². The summed E-state index contributed by atoms with van der Waals surface area (Å²) < 4.78 is 0. The summed E-state index contributed by atoms with van der Waals surface area (Å²) in [5.41, 5.74) is 2.23. The SMILES string of the molecule is CC.CCC(=O)N1CCc2nc(C)[nH]c2C1.[HH]. The van der Waals surface area contributed by atoms with E-state index < -0.39 is 0 Å². The van der Waals surface area contributed by atoms with Crippen LogP contribution in [0.2, 0.25) is 0 Å². The maximum Gasteiger partial charge on any atom is 0.222 e. The zero-order valence-electron chi connectivity index (χ0n) is 10.6. The van der Waals surface area contributed by atoms with Crippen molar-refractivity contribution in [3.8, 4) is 0 Å². The lowest BCUT2D eigenvalue weighted by atomic mass is 10.1. The molecule has 2 rings (SSSR count). The number of carbonyl (C=O) groups is 1. The third-order valence-corrected chi connectivity index (χ3v) is 2.61. The van der Waals surface area contributed by atoms with Gasteiger partial charge in [0.2, 0.25) is 5.91 Å². The number of aryl methyl sites for hydroxylation is 1. The number of hydrogen-bond acceptors (Lipinski definition) is 2. The van der Waals surface area contributed by atoms with Crippen LogP contribution in [0.25, 0.3) is 0 Å². The molecule has 0 saturated heterocycles. The van der Waals surface area contributed by atoms with Crippen molar-refractivity contribution in [3.63, 3.8) is 0 Å². The van der Waals surface area contributed by atoms with E-state index in [0.29, 0.717) is 13.0 Å². The minimum Gasteiger partial charge on any atom is -0.344 e. The Bertz CT molecular complexity index is 363. The molecular weight excluding hydrogens is 202 g/mol. The van der Waals surface area contributed by atoms with Crippen molar-refractivity contribution < 1.29 is 6.22 Å². The topological polar surface area (TPSA) is 49.0 Å². The Morgan fingerprint density at radius 1 is 1.56 bits per heavy atom. The second-order valence-electron chi connectivity index (χ2n) is 3.67. The molecule has 16 heavy (non-hydrogen) atoms. The van der Waals surface area contributed by atoms with Crippen molar-refractivity contribution in [2.45, 2.75) is 47.1 Å². The molecule has 1 aromatic rings. The molecule has 0 radical (unpaired) electrons. The van der Waals surface area contributed by atoms with Gasteiger partial charge in [0, 0.05) is 20.8 Å². The van der Waals surface area contributed by atoms with Gasteiger partial charge >= 0.3 is 0 Å². The first kappa shape index (κ1) is 12.7. The summed E-state index contributed by atoms with van der Waals surface area (Å²) >= 11 is 0. The van der Waals surface area contributed by atoms with Crippen LogP contribution in [0.1, 0.15) is 45.8 Å². The number of nitrogens with zero attached hydrogens (tertiary/aromatic N) is 2. The normalized spacial score (nSPS) is 13.9. The van der Waals surface area contributed by atoms with Crippen LogP contribution in [0.3, 0.4) is 0 Å². The monoisotopic (exact) mass is 225 g/mol. The van der Waals surface area contributed by atoms with E-state index in [2.05, 4.69) is 9.97 Å². The summed E-state index contributed by atoms with van der Waals surface area (Å²) in [5, 5.41) is 0. The van der Waals surface area contributed by atoms with Crippen molar-refractivity contribution in [1.82, 2.24) is 14.9 Å². The first-order valence-corrected chi connectivity index (χ1v) is 6.03. The summed E-state index contributed by atoms with van der Waals surface area (Å²) in [6.45, 7) is 9.35. The molecule has 1 aliphatic rings. The average molecular weight is 225 g/mol. The molecule has 92 valence electrons. The number of amides is 1. The zero-order chi connectivity index (χ0) is 12.1. The van der Waals surface area contributed by atoms with E-state index in [9.17, 15) is 4.79 Å². The molecule has 1 amide bonds. The number of carbonyl (C=O) groups excluding carboxylic acids is 1. The van der Waals surface area contributed by atoms with Crippen LogP contribution in [-0.4, -0.2) is 27.3 Å². The number of H-pyrrole nitrogens is 1. The molecule has 0 aromatic carbocycles. The van der Waals surface area contributed by atoms with Crippen molar-refractivity contribution in [1.29, 1.82) is 0 Å². The largest absolute Gasteiger partial charge is 0.344 e. The molecule has 0 fully saturated rings. The Balaban J connectivity index is 0.000000811. The van der Waals surface area contributed by atoms with Crippen LogP contribution in [0.5, 0.6) is 0 Å². The van der Waals surface area contributed by atoms with Crippen molar-refractivity contribution >= 4 is 5.91 Å². The maximum atomic E-state index is 11.5. The Labute approximate surface area is 98.6 Å². The van der Waals surface area contributed by atoms with Crippen LogP contribution in [-0.2, 0) is 17.8 Å². The Kier molecular flexibility index (Phi) is 4.52. The minimum absolute atomic E-state index is 0. The Morgan fingerprint density at radius 2 is 2.25 bits per heavy atom. The van der Waals surface area contributed by atoms with E-state index in [0.717, 1.165) is 30.2 Å². The standard InChI is InChI=1S/C10H15N3O.C2H6.H2/c1-3-10(14)13-5-4-8-9(6-13)12-7(2)11-8;1-2;/h3-6H2,1-2H3,(H,11,12);1-2H3;1H. The minimum atomic E-state index is 0. The van der Waals surface area contributed by atoms with Gasteiger partial charge in [0.25, 0.3) is 0 Å². The highest BCUT2D eigenvalue weighted by atomic mass is 16.2. The number of rotatable bonds is 1. The molecule has 1 aromatic heterocycles. The molecule has 1 N–H and O–H groups in total. The lowest BCUT2D eigenvalue weighted by Gasteiger charge is -2.25. The van der Waals surface area contributed by atoms with Crippen LogP contribution in [0.15, 0.2) is 0 Å². The maximum absolute atomic E-state index is 11.5. The molecule has 0 unspecified atom stereocenters. The number of aromatic amines is 1. The summed E-state index contributed by atoms with van der Waals surface area (Å²) in [5.74, 6) is 1.17. The molecule has 0 bridgehead atoms. The van der Waals surface area contributed by atoms with Gasteiger partial charge in [-0.2, -0.15) is 0 Å². The van der Waals surface area contributed by atoms with E-state index in [4.69, 9.17) is 0 Å². The van der Waals surface area contributed by atoms with Crippen LogP contribution in [0.4, 0.5) is 0 Å². The van der Waals surface area contributed by atoms with E-state index in [-0.39, 0.29) is 7.33 Å². The second-order valence-corrected chi connectivity index (χ2v) is 3.67. The smallest absolute Gasteiger partial charge is 0.222 e. The molecule has 2 heterocycles. The predicted molar refractivity (Wildman–Crippen MR) is 66.2 cm³/mol. The molecular formula is C12H23N3O. The summed E-state index contributed by atoms with van der Waals surface area (Å²) in [4.78, 5) is 20.9. The van der Waals surface area contributed by atoms with Crippen molar-refractivity contribution in [2.24, 2.45) is 0 Å². The highest BCUT2D eigenvalue weighted by Gasteiger charge is 2.21. The lowest BCUT2D eigenvalue weighted by Crippen LogP contribution is -2.35. The van der Waals surface area contributed by atoms with Crippen LogP contribution >= 0.6 is 0 Å². The van der Waals surface area contributed by atoms with Crippen molar-refractivity contribution in [2.75, 3.05) is 6.54 Å². The number of hydrogen-bond donors (Lipinski definition) is 1. The van der Waals surface area contributed by atoms with Gasteiger partial charge in [0.15, 0.2) is 0 Å². The van der Waals surface area contributed by atoms with Gasteiger partial charge in [-0.3, -0.25) is 4.79 Å². The zero-order valence-corrected chi connectivity index (χ0v) is 10.6. The summed E-state index contributed by atoms with van der Waals surface area (Å²) in [6, 6.07) is 0. The van der Waals surface area contributed by atoms with Gasteiger partial charge in [-0.15, -0.1) is 0 Å². The van der Waals surface area contributed by atoms with E-state index in [1.54, 1.807) is 0 Å². The van der Waals surface area contributed by atoms with Crippen molar-refractivity contribution in [3.05, 3.63) is 17.2 Å². The molecule has 0 saturated carbocycles. The lowest BCUT2D eigenvalue weighted by molar-refractivity contribution is -0.131. The summed E-state index contributed by atoms with van der Waals surface area (Å²) in [6.07, 6.45) is 1.47. The number of imidazole rings is 1. The van der Waals surface area contributed by atoms with Gasteiger partial charge in [-0.05, 0) is 6.92 Å². The average Bonchev–Trinajstić information content (AvgIpc) is 2.69. The van der Waals surface area contributed by atoms with E-state index in [1.165, 1.54) is 0 Å². The molecule has 1 aliphatic heterocycles. The second kappa shape index (κ2) is 5.68. The van der Waals surface area contributed by atoms with Crippen LogP contribution < -0.4 is 0 Å². The highest BCUT2D eigenvalue weighted by molar-refractivity contribution is 5.76. The van der Waals surface area contributed by atoms with E-state index in [1.807, 2.05) is 32.6 Å². The predicted octanol–water partition coefficient (Wildman–Crippen LogP) is 2.29. The van der Waals surface area contributed by atoms with E-state index >= 15 is 0 Å². The fourth-order valence-electron chi connectivity index (χ4n) is 1.87. The molecule has 0 spiro atoms. The molecule has 0 atom stereocenters. The first-order chi connectivity index (χ1) is 7.70. The highest BCUT2D eigenvalue weighted by Crippen LogP contribution is 2.16. The van der Waals surface area contributed by atoms with Gasteiger partial charge in [0.1, 0.15) is 5.82 Å². The third kappa shape index (κ3) is 2.62. The number of aromatic nitrogens is 2. The first-order valence-electron chi connectivity index (χ1n) is 6.03. The molecule has 4 heteroatoms. The van der Waals surface area contributed by atoms with Gasteiger partial charge in [-0.1, -0.05) is 20.8 Å². The third-order valence-electron chi connectivity index (χ3n) is 2.61. The fourth-order valence-corrected chi connectivity index (χ4v) is 1.87. The van der Waals surface area contributed by atoms with Gasteiger partial charge in [0.05, 0.1) is 17.9 Å². The Morgan fingerprint density at radius 3 is 2.88 bits per heavy atom. The summed E-state index contributed by atoms with van der Waals surface area (Å²) in [7, 11) is 0. The van der Waals surface area contributed by atoms with Gasteiger partial charge < -0.3 is 9.88 Å². The van der Waals surface area contributed by atoms with Gasteiger partial charge in [-0.25, -0.2) is 4.98 Å². The molecule has 4 nitrogen and oxygen atoms in total.